The number of hydrogen-bond acceptors (Lipinski definition) is 2. The summed E-state index contributed by atoms with van der Waals surface area (Å²) in [5.74, 6) is -1.06. The molecular weight excluding hydrogens is 226 g/mol. The monoisotopic (exact) mass is 235 g/mol. The van der Waals surface area contributed by atoms with Crippen molar-refractivity contribution < 1.29 is 9.90 Å². The van der Waals surface area contributed by atoms with E-state index in [1.165, 1.54) is 0 Å². The van der Waals surface area contributed by atoms with Gasteiger partial charge in [-0.25, -0.2) is 9.78 Å². The maximum Gasteiger partial charge on any atom is 0.354 e. The second-order valence-electron chi connectivity index (χ2n) is 3.47. The zero-order valence-electron chi connectivity index (χ0n) is 8.70. The van der Waals surface area contributed by atoms with Crippen LogP contribution in [0.25, 0.3) is 10.8 Å². The molecule has 1 N–H and O–H groups in total. The number of benzene rings is 1. The van der Waals surface area contributed by atoms with E-state index in [4.69, 9.17) is 16.7 Å². The summed E-state index contributed by atoms with van der Waals surface area (Å²) in [7, 11) is 0. The molecule has 0 spiro atoms. The number of carboxylic acid groups (broad SMARTS) is 1. The van der Waals surface area contributed by atoms with Gasteiger partial charge in [-0.1, -0.05) is 36.7 Å². The van der Waals surface area contributed by atoms with E-state index in [-0.39, 0.29) is 10.8 Å². The molecule has 0 fully saturated rings. The van der Waals surface area contributed by atoms with Crippen molar-refractivity contribution >= 4 is 28.3 Å². The minimum atomic E-state index is -1.06. The average molecular weight is 236 g/mol. The highest BCUT2D eigenvalue weighted by molar-refractivity contribution is 6.34. The minimum absolute atomic E-state index is 0.0154. The number of aryl methyl sites for hydroxylation is 1. The fraction of sp³-hybridized carbons (Fsp3) is 0.167. The molecule has 82 valence electrons. The first kappa shape index (κ1) is 10.9. The van der Waals surface area contributed by atoms with E-state index in [0.717, 1.165) is 22.8 Å². The number of halogens is 1. The van der Waals surface area contributed by atoms with E-state index in [1.54, 1.807) is 6.07 Å². The van der Waals surface area contributed by atoms with Crippen molar-refractivity contribution in [2.24, 2.45) is 0 Å². The van der Waals surface area contributed by atoms with Gasteiger partial charge < -0.3 is 5.11 Å². The summed E-state index contributed by atoms with van der Waals surface area (Å²) in [6, 6.07) is 7.28. The Balaban J connectivity index is 2.82. The van der Waals surface area contributed by atoms with Crippen molar-refractivity contribution in [1.82, 2.24) is 4.98 Å². The van der Waals surface area contributed by atoms with Gasteiger partial charge in [-0.3, -0.25) is 0 Å². The molecule has 0 atom stereocenters. The Bertz CT molecular complexity index is 566. The number of aromatic nitrogens is 1. The number of hydrogen-bond donors (Lipinski definition) is 1. The normalized spacial score (nSPS) is 10.6. The molecule has 3 nitrogen and oxygen atoms in total. The van der Waals surface area contributed by atoms with E-state index in [1.807, 2.05) is 25.1 Å². The Labute approximate surface area is 97.7 Å². The van der Waals surface area contributed by atoms with Gasteiger partial charge in [-0.2, -0.15) is 0 Å². The van der Waals surface area contributed by atoms with E-state index in [9.17, 15) is 4.79 Å². The molecule has 1 aromatic heterocycles. The number of fused-ring (bicyclic) bond motifs is 1. The van der Waals surface area contributed by atoms with Gasteiger partial charge in [0.05, 0.1) is 0 Å². The molecule has 16 heavy (non-hydrogen) atoms. The predicted octanol–water partition coefficient (Wildman–Crippen LogP) is 3.15. The molecule has 0 aliphatic rings. The molecule has 0 amide bonds. The highest BCUT2D eigenvalue weighted by Crippen LogP contribution is 2.25. The Morgan fingerprint density at radius 1 is 1.44 bits per heavy atom. The molecule has 0 aliphatic carbocycles. The van der Waals surface area contributed by atoms with Crippen LogP contribution in [0, 0.1) is 0 Å². The fourth-order valence-corrected chi connectivity index (χ4v) is 1.97. The number of carboxylic acids is 1. The van der Waals surface area contributed by atoms with Gasteiger partial charge in [-0.05, 0) is 23.4 Å². The third-order valence-corrected chi connectivity index (χ3v) is 2.81. The number of aromatic carboxylic acids is 1. The summed E-state index contributed by atoms with van der Waals surface area (Å²) in [6.07, 6.45) is 0.830. The van der Waals surface area contributed by atoms with E-state index >= 15 is 0 Å². The SMILES string of the molecule is CCc1cccc2c(Cl)nc(C(=O)O)cc12. The van der Waals surface area contributed by atoms with Crippen LogP contribution in [0.2, 0.25) is 5.15 Å². The van der Waals surface area contributed by atoms with Crippen molar-refractivity contribution in [2.75, 3.05) is 0 Å². The first-order chi connectivity index (χ1) is 7.63. The van der Waals surface area contributed by atoms with Crippen molar-refractivity contribution in [3.8, 4) is 0 Å². The summed E-state index contributed by atoms with van der Waals surface area (Å²) in [4.78, 5) is 14.7. The maximum absolute atomic E-state index is 10.9. The lowest BCUT2D eigenvalue weighted by Gasteiger charge is -2.06. The van der Waals surface area contributed by atoms with Crippen LogP contribution in [0.5, 0.6) is 0 Å². The molecule has 1 heterocycles. The summed E-state index contributed by atoms with van der Waals surface area (Å²) >= 11 is 5.96. The molecule has 1 aromatic carbocycles. The second-order valence-corrected chi connectivity index (χ2v) is 3.83. The second kappa shape index (κ2) is 4.10. The van der Waals surface area contributed by atoms with E-state index < -0.39 is 5.97 Å². The van der Waals surface area contributed by atoms with Crippen molar-refractivity contribution in [2.45, 2.75) is 13.3 Å². The van der Waals surface area contributed by atoms with Crippen molar-refractivity contribution in [3.05, 3.63) is 40.7 Å². The average Bonchev–Trinajstić information content (AvgIpc) is 2.28. The Hall–Kier alpha value is -1.61. The molecule has 0 saturated heterocycles. The molecule has 4 heteroatoms. The first-order valence-corrected chi connectivity index (χ1v) is 5.32. The molecule has 0 saturated carbocycles. The van der Waals surface area contributed by atoms with Gasteiger partial charge in [-0.15, -0.1) is 0 Å². The van der Waals surface area contributed by atoms with Gasteiger partial charge in [0, 0.05) is 5.39 Å². The molecule has 2 aromatic rings. The van der Waals surface area contributed by atoms with E-state index in [2.05, 4.69) is 4.98 Å². The van der Waals surface area contributed by atoms with Gasteiger partial charge in [0.25, 0.3) is 0 Å². The van der Waals surface area contributed by atoms with Crippen molar-refractivity contribution in [3.63, 3.8) is 0 Å². The summed E-state index contributed by atoms with van der Waals surface area (Å²) in [5, 5.41) is 10.8. The Morgan fingerprint density at radius 2 is 2.19 bits per heavy atom. The highest BCUT2D eigenvalue weighted by atomic mass is 35.5. The van der Waals surface area contributed by atoms with Crippen LogP contribution in [-0.4, -0.2) is 16.1 Å². The molecule has 0 radical (unpaired) electrons. The van der Waals surface area contributed by atoms with Crippen LogP contribution in [0.4, 0.5) is 0 Å². The van der Waals surface area contributed by atoms with Crippen LogP contribution in [0.15, 0.2) is 24.3 Å². The fourth-order valence-electron chi connectivity index (χ4n) is 1.72. The third kappa shape index (κ3) is 1.74. The summed E-state index contributed by atoms with van der Waals surface area (Å²) < 4.78 is 0. The lowest BCUT2D eigenvalue weighted by Crippen LogP contribution is -2.01. The maximum atomic E-state index is 10.9. The number of rotatable bonds is 2. The van der Waals surface area contributed by atoms with Gasteiger partial charge in [0.2, 0.25) is 0 Å². The van der Waals surface area contributed by atoms with Gasteiger partial charge in [0.15, 0.2) is 5.69 Å². The summed E-state index contributed by atoms with van der Waals surface area (Å²) in [5.41, 5.74) is 1.06. The minimum Gasteiger partial charge on any atom is -0.477 e. The van der Waals surface area contributed by atoms with Crippen LogP contribution in [-0.2, 0) is 6.42 Å². The van der Waals surface area contributed by atoms with Gasteiger partial charge in [0.1, 0.15) is 5.15 Å². The molecule has 0 aliphatic heterocycles. The highest BCUT2D eigenvalue weighted by Gasteiger charge is 2.11. The van der Waals surface area contributed by atoms with Crippen LogP contribution in [0.3, 0.4) is 0 Å². The van der Waals surface area contributed by atoms with Crippen LogP contribution >= 0.6 is 11.6 Å². The topological polar surface area (TPSA) is 50.2 Å². The number of nitrogens with zero attached hydrogens (tertiary/aromatic N) is 1. The predicted molar refractivity (Wildman–Crippen MR) is 63.1 cm³/mol. The Kier molecular flexibility index (Phi) is 2.79. The standard InChI is InChI=1S/C12H10ClNO2/c1-2-7-4-3-5-8-9(7)6-10(12(15)16)14-11(8)13/h3-6H,2H2,1H3,(H,15,16). The number of pyridine rings is 1. The molecule has 0 bridgehead atoms. The van der Waals surface area contributed by atoms with E-state index in [0.29, 0.717) is 0 Å². The largest absolute Gasteiger partial charge is 0.477 e. The van der Waals surface area contributed by atoms with Crippen LogP contribution < -0.4 is 0 Å². The quantitative estimate of drug-likeness (QED) is 0.814. The smallest absolute Gasteiger partial charge is 0.354 e. The van der Waals surface area contributed by atoms with Crippen molar-refractivity contribution in [1.29, 1.82) is 0 Å². The van der Waals surface area contributed by atoms with Crippen LogP contribution in [0.1, 0.15) is 23.0 Å². The first-order valence-electron chi connectivity index (χ1n) is 4.95. The Morgan fingerprint density at radius 3 is 2.81 bits per heavy atom. The van der Waals surface area contributed by atoms with Gasteiger partial charge >= 0.3 is 5.97 Å². The zero-order chi connectivity index (χ0) is 11.7. The number of carbonyl (C=O) groups is 1. The lowest BCUT2D eigenvalue weighted by atomic mass is 10.0. The lowest BCUT2D eigenvalue weighted by molar-refractivity contribution is 0.0690. The zero-order valence-corrected chi connectivity index (χ0v) is 9.45. The molecule has 0 unspecified atom stereocenters. The summed E-state index contributed by atoms with van der Waals surface area (Å²) in [6.45, 7) is 2.02. The molecule has 2 rings (SSSR count). The molecular formula is C12H10ClNO2. The third-order valence-electron chi connectivity index (χ3n) is 2.52.